The van der Waals surface area contributed by atoms with Crippen LogP contribution in [0.1, 0.15) is 24.1 Å². The minimum Gasteiger partial charge on any atom is -0.310 e. The van der Waals surface area contributed by atoms with Crippen LogP contribution in [0.15, 0.2) is 48.5 Å². The monoisotopic (exact) mass is 288 g/mol. The maximum absolute atomic E-state index is 13.1. The smallest absolute Gasteiger partial charge is 0.269 e. The standard InChI is InChI=1S/C16H17FN2O2/c1-12(14-3-2-4-15(17)11-14)18-10-9-13-5-7-16(8-6-13)19(20)21/h2-8,11-12,18H,9-10H2,1H3/t12-/m1/s1. The normalized spacial score (nSPS) is 12.1. The summed E-state index contributed by atoms with van der Waals surface area (Å²) in [5.41, 5.74) is 2.03. The Labute approximate surface area is 122 Å². The Morgan fingerprint density at radius 1 is 1.24 bits per heavy atom. The molecule has 2 rings (SSSR count). The van der Waals surface area contributed by atoms with E-state index in [4.69, 9.17) is 0 Å². The molecular weight excluding hydrogens is 271 g/mol. The first kappa shape index (κ1) is 15.1. The van der Waals surface area contributed by atoms with Gasteiger partial charge in [0.05, 0.1) is 4.92 Å². The van der Waals surface area contributed by atoms with Gasteiger partial charge in [-0.15, -0.1) is 0 Å². The number of nitro groups is 1. The Morgan fingerprint density at radius 2 is 1.95 bits per heavy atom. The summed E-state index contributed by atoms with van der Waals surface area (Å²) in [6.07, 6.45) is 0.762. The Bertz CT molecular complexity index is 614. The second-order valence-electron chi connectivity index (χ2n) is 4.90. The molecule has 0 bridgehead atoms. The van der Waals surface area contributed by atoms with Crippen LogP contribution in [0.25, 0.3) is 0 Å². The Hall–Kier alpha value is -2.27. The Morgan fingerprint density at radius 3 is 2.57 bits per heavy atom. The van der Waals surface area contributed by atoms with Gasteiger partial charge in [0.15, 0.2) is 0 Å². The van der Waals surface area contributed by atoms with E-state index in [2.05, 4.69) is 5.32 Å². The molecule has 110 valence electrons. The zero-order valence-electron chi connectivity index (χ0n) is 11.8. The van der Waals surface area contributed by atoms with E-state index < -0.39 is 4.92 Å². The first-order valence-electron chi connectivity index (χ1n) is 6.78. The van der Waals surface area contributed by atoms with Gasteiger partial charge in [-0.25, -0.2) is 4.39 Å². The third-order valence-electron chi connectivity index (χ3n) is 3.36. The fraction of sp³-hybridized carbons (Fsp3) is 0.250. The van der Waals surface area contributed by atoms with E-state index in [0.29, 0.717) is 0 Å². The third-order valence-corrected chi connectivity index (χ3v) is 3.36. The molecule has 1 N–H and O–H groups in total. The van der Waals surface area contributed by atoms with Gasteiger partial charge in [-0.05, 0) is 43.1 Å². The fourth-order valence-electron chi connectivity index (χ4n) is 2.11. The molecule has 0 unspecified atom stereocenters. The molecule has 2 aromatic rings. The van der Waals surface area contributed by atoms with Gasteiger partial charge >= 0.3 is 0 Å². The molecule has 0 radical (unpaired) electrons. The lowest BCUT2D eigenvalue weighted by molar-refractivity contribution is -0.384. The molecule has 5 heteroatoms. The molecule has 0 aliphatic rings. The molecule has 0 aliphatic heterocycles. The van der Waals surface area contributed by atoms with Crippen LogP contribution in [0.2, 0.25) is 0 Å². The number of halogens is 1. The maximum Gasteiger partial charge on any atom is 0.269 e. The number of non-ortho nitro benzene ring substituents is 1. The predicted molar refractivity (Wildman–Crippen MR) is 79.6 cm³/mol. The van der Waals surface area contributed by atoms with Crippen LogP contribution in [0.4, 0.5) is 10.1 Å². The molecule has 0 aromatic heterocycles. The third kappa shape index (κ3) is 4.36. The van der Waals surface area contributed by atoms with Crippen LogP contribution in [-0.2, 0) is 6.42 Å². The molecule has 4 nitrogen and oxygen atoms in total. The molecule has 0 fully saturated rings. The Kier molecular flexibility index (Phi) is 5.00. The summed E-state index contributed by atoms with van der Waals surface area (Å²) in [5, 5.41) is 13.9. The van der Waals surface area contributed by atoms with Gasteiger partial charge in [0.25, 0.3) is 5.69 Å². The number of benzene rings is 2. The summed E-state index contributed by atoms with van der Waals surface area (Å²) in [6, 6.07) is 13.1. The highest BCUT2D eigenvalue weighted by Crippen LogP contribution is 2.14. The van der Waals surface area contributed by atoms with Gasteiger partial charge in [0.1, 0.15) is 5.82 Å². The van der Waals surface area contributed by atoms with Crippen molar-refractivity contribution in [3.8, 4) is 0 Å². The first-order valence-corrected chi connectivity index (χ1v) is 6.78. The highest BCUT2D eigenvalue weighted by Gasteiger charge is 2.06. The molecule has 0 saturated carbocycles. The molecule has 0 heterocycles. The number of hydrogen-bond donors (Lipinski definition) is 1. The summed E-state index contributed by atoms with van der Waals surface area (Å²) in [7, 11) is 0. The molecule has 21 heavy (non-hydrogen) atoms. The van der Waals surface area contributed by atoms with Crippen molar-refractivity contribution in [2.45, 2.75) is 19.4 Å². The summed E-state index contributed by atoms with van der Waals surface area (Å²) in [4.78, 5) is 10.2. The molecule has 0 saturated heterocycles. The molecule has 0 aliphatic carbocycles. The number of nitrogens with one attached hydrogen (secondary N) is 1. The van der Waals surface area contributed by atoms with Crippen molar-refractivity contribution in [3.63, 3.8) is 0 Å². The summed E-state index contributed by atoms with van der Waals surface area (Å²) >= 11 is 0. The van der Waals surface area contributed by atoms with Crippen LogP contribution in [-0.4, -0.2) is 11.5 Å². The van der Waals surface area contributed by atoms with E-state index in [1.807, 2.05) is 13.0 Å². The zero-order valence-corrected chi connectivity index (χ0v) is 11.8. The average molecular weight is 288 g/mol. The molecular formula is C16H17FN2O2. The van der Waals surface area contributed by atoms with E-state index in [9.17, 15) is 14.5 Å². The predicted octanol–water partition coefficient (Wildman–Crippen LogP) is 3.63. The molecule has 0 amide bonds. The maximum atomic E-state index is 13.1. The summed E-state index contributed by atoms with van der Waals surface area (Å²) < 4.78 is 13.1. The number of nitro benzene ring substituents is 1. The van der Waals surface area contributed by atoms with Crippen molar-refractivity contribution in [1.82, 2.24) is 5.32 Å². The number of rotatable bonds is 6. The van der Waals surface area contributed by atoms with Crippen LogP contribution >= 0.6 is 0 Å². The molecule has 0 spiro atoms. The van der Waals surface area contributed by atoms with Crippen LogP contribution in [0.5, 0.6) is 0 Å². The highest BCUT2D eigenvalue weighted by molar-refractivity contribution is 5.33. The second-order valence-corrected chi connectivity index (χ2v) is 4.90. The lowest BCUT2D eigenvalue weighted by atomic mass is 10.1. The fourth-order valence-corrected chi connectivity index (χ4v) is 2.11. The van der Waals surface area contributed by atoms with Crippen LogP contribution in [0.3, 0.4) is 0 Å². The van der Waals surface area contributed by atoms with E-state index in [1.165, 1.54) is 24.3 Å². The van der Waals surface area contributed by atoms with Gasteiger partial charge in [-0.2, -0.15) is 0 Å². The van der Waals surface area contributed by atoms with Crippen molar-refractivity contribution in [2.75, 3.05) is 6.54 Å². The van der Waals surface area contributed by atoms with Crippen molar-refractivity contribution >= 4 is 5.69 Å². The first-order chi connectivity index (χ1) is 10.1. The lowest BCUT2D eigenvalue weighted by Crippen LogP contribution is -2.21. The topological polar surface area (TPSA) is 55.2 Å². The van der Waals surface area contributed by atoms with Gasteiger partial charge in [-0.1, -0.05) is 24.3 Å². The zero-order chi connectivity index (χ0) is 15.2. The van der Waals surface area contributed by atoms with E-state index in [1.54, 1.807) is 18.2 Å². The van der Waals surface area contributed by atoms with E-state index in [0.717, 1.165) is 24.1 Å². The molecule has 1 atom stereocenters. The van der Waals surface area contributed by atoms with Crippen LogP contribution in [0, 0.1) is 15.9 Å². The largest absolute Gasteiger partial charge is 0.310 e. The minimum atomic E-state index is -0.409. The van der Waals surface area contributed by atoms with Gasteiger partial charge in [0, 0.05) is 18.2 Å². The van der Waals surface area contributed by atoms with Crippen LogP contribution < -0.4 is 5.32 Å². The van der Waals surface area contributed by atoms with Gasteiger partial charge in [-0.3, -0.25) is 10.1 Å². The minimum absolute atomic E-state index is 0.0544. The average Bonchev–Trinajstić information content (AvgIpc) is 2.47. The van der Waals surface area contributed by atoms with Gasteiger partial charge < -0.3 is 5.32 Å². The Balaban J connectivity index is 1.85. The quantitative estimate of drug-likeness (QED) is 0.652. The molecule has 2 aromatic carbocycles. The van der Waals surface area contributed by atoms with Crippen molar-refractivity contribution < 1.29 is 9.31 Å². The summed E-state index contributed by atoms with van der Waals surface area (Å²) in [6.45, 7) is 2.69. The lowest BCUT2D eigenvalue weighted by Gasteiger charge is -2.14. The number of nitrogens with zero attached hydrogens (tertiary/aromatic N) is 1. The van der Waals surface area contributed by atoms with Gasteiger partial charge in [0.2, 0.25) is 0 Å². The number of hydrogen-bond acceptors (Lipinski definition) is 3. The second kappa shape index (κ2) is 6.95. The SMILES string of the molecule is C[C@@H](NCCc1ccc([N+](=O)[O-])cc1)c1cccc(F)c1. The van der Waals surface area contributed by atoms with Crippen molar-refractivity contribution in [3.05, 3.63) is 75.6 Å². The summed E-state index contributed by atoms with van der Waals surface area (Å²) in [5.74, 6) is -0.239. The highest BCUT2D eigenvalue weighted by atomic mass is 19.1. The van der Waals surface area contributed by atoms with E-state index >= 15 is 0 Å². The van der Waals surface area contributed by atoms with Crippen molar-refractivity contribution in [1.29, 1.82) is 0 Å². The van der Waals surface area contributed by atoms with Crippen molar-refractivity contribution in [2.24, 2.45) is 0 Å². The van der Waals surface area contributed by atoms with E-state index in [-0.39, 0.29) is 17.5 Å².